The molecule has 0 saturated carbocycles. The number of nitrogens with one attached hydrogen (secondary N) is 2. The summed E-state index contributed by atoms with van der Waals surface area (Å²) in [5.41, 5.74) is 3.99. The van der Waals surface area contributed by atoms with Crippen LogP contribution < -0.4 is 15.4 Å². The molecule has 0 unspecified atom stereocenters. The molecule has 9 nitrogen and oxygen atoms in total. The van der Waals surface area contributed by atoms with E-state index in [1.807, 2.05) is 22.8 Å². The van der Waals surface area contributed by atoms with E-state index >= 15 is 0 Å². The molecule has 2 aliphatic rings. The predicted molar refractivity (Wildman–Crippen MR) is 113 cm³/mol. The first-order valence-electron chi connectivity index (χ1n) is 9.98. The van der Waals surface area contributed by atoms with Crippen molar-refractivity contribution >= 4 is 22.9 Å². The number of hydrogen-bond acceptors (Lipinski definition) is 8. The predicted octanol–water partition coefficient (Wildman–Crippen LogP) is 2.21. The number of nitrogens with zero attached hydrogens (tertiary/aromatic N) is 4. The Morgan fingerprint density at radius 3 is 3.07 bits per heavy atom. The molecule has 0 radical (unpaired) electrons. The maximum absolute atomic E-state index is 5.67. The van der Waals surface area contributed by atoms with E-state index in [2.05, 4.69) is 32.9 Å². The van der Waals surface area contributed by atoms with Gasteiger partial charge in [0.05, 0.1) is 30.8 Å². The molecule has 1 fully saturated rings. The molecule has 0 spiro atoms. The van der Waals surface area contributed by atoms with E-state index in [-0.39, 0.29) is 12.1 Å². The van der Waals surface area contributed by atoms with E-state index in [9.17, 15) is 0 Å². The number of ether oxygens (including phenoxy) is 3. The van der Waals surface area contributed by atoms with Gasteiger partial charge < -0.3 is 24.8 Å². The minimum atomic E-state index is -0.0461. The lowest BCUT2D eigenvalue weighted by Crippen LogP contribution is -2.43. The van der Waals surface area contributed by atoms with Crippen molar-refractivity contribution in [3.05, 3.63) is 47.8 Å². The highest BCUT2D eigenvalue weighted by Gasteiger charge is 2.28. The summed E-state index contributed by atoms with van der Waals surface area (Å²) < 4.78 is 18.6. The molecule has 2 aliphatic heterocycles. The Bertz CT molecular complexity index is 1100. The van der Waals surface area contributed by atoms with Crippen LogP contribution in [0.3, 0.4) is 0 Å². The van der Waals surface area contributed by atoms with Crippen LogP contribution in [0.4, 0.5) is 11.8 Å². The van der Waals surface area contributed by atoms with Gasteiger partial charge in [-0.05, 0) is 35.8 Å². The zero-order valence-electron chi connectivity index (χ0n) is 17.0. The van der Waals surface area contributed by atoms with Crippen molar-refractivity contribution in [2.24, 2.45) is 0 Å². The van der Waals surface area contributed by atoms with Crippen molar-refractivity contribution in [2.75, 3.05) is 44.6 Å². The molecule has 0 aliphatic carbocycles. The van der Waals surface area contributed by atoms with Crippen molar-refractivity contribution in [3.8, 4) is 5.88 Å². The van der Waals surface area contributed by atoms with Crippen LogP contribution in [-0.2, 0) is 9.47 Å². The molecule has 5 heterocycles. The van der Waals surface area contributed by atoms with E-state index in [1.54, 1.807) is 20.4 Å². The van der Waals surface area contributed by atoms with Gasteiger partial charge in [-0.25, -0.2) is 4.52 Å². The molecular formula is C21H24N6O3. The summed E-state index contributed by atoms with van der Waals surface area (Å²) in [4.78, 5) is 9.40. The fraction of sp³-hybridized carbons (Fsp3) is 0.381. The van der Waals surface area contributed by atoms with E-state index < -0.39 is 0 Å². The number of rotatable bonds is 5. The van der Waals surface area contributed by atoms with Crippen molar-refractivity contribution in [1.82, 2.24) is 19.6 Å². The first-order chi connectivity index (χ1) is 14.8. The maximum atomic E-state index is 5.67. The van der Waals surface area contributed by atoms with Crippen LogP contribution in [0.25, 0.3) is 11.1 Å². The Hall–Kier alpha value is -3.17. The molecule has 156 valence electrons. The van der Waals surface area contributed by atoms with Crippen molar-refractivity contribution in [3.63, 3.8) is 0 Å². The van der Waals surface area contributed by atoms with Gasteiger partial charge in [0.2, 0.25) is 11.8 Å². The van der Waals surface area contributed by atoms with E-state index in [0.29, 0.717) is 31.6 Å². The SMILES string of the molecule is COc1nc(N[C@@H]2CCOC[C@H]2OC)nc2c1C(c1ccn3nccc3c1)=CCN2. The van der Waals surface area contributed by atoms with Crippen LogP contribution in [0.15, 0.2) is 36.7 Å². The van der Waals surface area contributed by atoms with Gasteiger partial charge in [0.1, 0.15) is 11.9 Å². The molecule has 3 aromatic rings. The zero-order chi connectivity index (χ0) is 20.5. The summed E-state index contributed by atoms with van der Waals surface area (Å²) in [5, 5.41) is 11.0. The molecule has 1 saturated heterocycles. The van der Waals surface area contributed by atoms with Gasteiger partial charge in [0, 0.05) is 32.7 Å². The molecule has 3 aromatic heterocycles. The lowest BCUT2D eigenvalue weighted by molar-refractivity contribution is -0.0367. The quantitative estimate of drug-likeness (QED) is 0.664. The van der Waals surface area contributed by atoms with Crippen LogP contribution in [0.1, 0.15) is 17.5 Å². The lowest BCUT2D eigenvalue weighted by atomic mass is 9.97. The van der Waals surface area contributed by atoms with E-state index in [0.717, 1.165) is 34.5 Å². The molecule has 0 aromatic carbocycles. The standard InChI is InChI=1S/C21H24N6O3/c1-28-17-12-30-10-6-16(17)24-21-25-19-18(20(26-21)29-2)15(4-7-22-19)13-5-9-27-14(11-13)3-8-23-27/h3-5,8-9,11,16-17H,6-7,10,12H2,1-2H3,(H2,22,24,25,26)/t16-,17-/m1/s1. The average Bonchev–Trinajstić information content (AvgIpc) is 3.26. The van der Waals surface area contributed by atoms with Gasteiger partial charge >= 0.3 is 0 Å². The van der Waals surface area contributed by atoms with Crippen LogP contribution in [0, 0.1) is 0 Å². The third-order valence-electron chi connectivity index (χ3n) is 5.55. The third kappa shape index (κ3) is 3.35. The summed E-state index contributed by atoms with van der Waals surface area (Å²) in [5.74, 6) is 1.78. The second kappa shape index (κ2) is 7.92. The Morgan fingerprint density at radius 2 is 2.20 bits per heavy atom. The number of methoxy groups -OCH3 is 2. The minimum absolute atomic E-state index is 0.0461. The molecule has 2 N–H and O–H groups in total. The highest BCUT2D eigenvalue weighted by atomic mass is 16.5. The van der Waals surface area contributed by atoms with Crippen LogP contribution in [-0.4, -0.2) is 65.7 Å². The second-order valence-electron chi connectivity index (χ2n) is 7.28. The van der Waals surface area contributed by atoms with Gasteiger partial charge in [-0.15, -0.1) is 0 Å². The van der Waals surface area contributed by atoms with Gasteiger partial charge in [0.25, 0.3) is 0 Å². The summed E-state index contributed by atoms with van der Waals surface area (Å²) in [6.07, 6.45) is 6.64. The van der Waals surface area contributed by atoms with E-state index in [1.165, 1.54) is 0 Å². The molecule has 30 heavy (non-hydrogen) atoms. The molecule has 9 heteroatoms. The highest BCUT2D eigenvalue weighted by Crippen LogP contribution is 2.38. The number of hydrogen-bond donors (Lipinski definition) is 2. The van der Waals surface area contributed by atoms with Gasteiger partial charge in [-0.1, -0.05) is 6.08 Å². The smallest absolute Gasteiger partial charge is 0.228 e. The molecule has 2 atom stereocenters. The topological polar surface area (TPSA) is 94.8 Å². The maximum Gasteiger partial charge on any atom is 0.228 e. The molecule has 5 rings (SSSR count). The first kappa shape index (κ1) is 18.8. The monoisotopic (exact) mass is 408 g/mol. The van der Waals surface area contributed by atoms with Crippen molar-refractivity contribution in [2.45, 2.75) is 18.6 Å². The zero-order valence-corrected chi connectivity index (χ0v) is 17.0. The Morgan fingerprint density at radius 1 is 1.27 bits per heavy atom. The lowest BCUT2D eigenvalue weighted by Gasteiger charge is -2.31. The molecular weight excluding hydrogens is 384 g/mol. The van der Waals surface area contributed by atoms with Crippen LogP contribution in [0.2, 0.25) is 0 Å². The van der Waals surface area contributed by atoms with Gasteiger partial charge in [-0.2, -0.15) is 15.1 Å². The number of fused-ring (bicyclic) bond motifs is 2. The van der Waals surface area contributed by atoms with Gasteiger partial charge in [-0.3, -0.25) is 0 Å². The summed E-state index contributed by atoms with van der Waals surface area (Å²) >= 11 is 0. The largest absolute Gasteiger partial charge is 0.480 e. The normalized spacial score (nSPS) is 20.9. The highest BCUT2D eigenvalue weighted by molar-refractivity contribution is 5.90. The average molecular weight is 408 g/mol. The summed E-state index contributed by atoms with van der Waals surface area (Å²) in [6.45, 7) is 1.91. The fourth-order valence-corrected chi connectivity index (χ4v) is 4.00. The van der Waals surface area contributed by atoms with Gasteiger partial charge in [0.15, 0.2) is 0 Å². The van der Waals surface area contributed by atoms with Crippen LogP contribution in [0.5, 0.6) is 5.88 Å². The summed E-state index contributed by atoms with van der Waals surface area (Å²) in [6, 6.07) is 6.20. The Labute approximate surface area is 174 Å². The molecule has 0 bridgehead atoms. The minimum Gasteiger partial charge on any atom is -0.480 e. The number of pyridine rings is 1. The van der Waals surface area contributed by atoms with Crippen LogP contribution >= 0.6 is 0 Å². The third-order valence-corrected chi connectivity index (χ3v) is 5.55. The van der Waals surface area contributed by atoms with Crippen molar-refractivity contribution < 1.29 is 14.2 Å². The van der Waals surface area contributed by atoms with Crippen molar-refractivity contribution in [1.29, 1.82) is 0 Å². The summed E-state index contributed by atoms with van der Waals surface area (Å²) in [7, 11) is 3.32. The molecule has 0 amide bonds. The fourth-order valence-electron chi connectivity index (χ4n) is 4.00. The Kier molecular flexibility index (Phi) is 4.97. The second-order valence-corrected chi connectivity index (χ2v) is 7.28. The Balaban J connectivity index is 1.50. The number of aromatic nitrogens is 4. The number of anilines is 2. The van der Waals surface area contributed by atoms with E-state index in [4.69, 9.17) is 19.2 Å². The first-order valence-corrected chi connectivity index (χ1v) is 9.98.